The summed E-state index contributed by atoms with van der Waals surface area (Å²) in [4.78, 5) is 11.4. The molecule has 0 heterocycles. The normalized spacial score (nSPS) is 8.71. The molecule has 0 unspecified atom stereocenters. The Labute approximate surface area is 101 Å². The minimum absolute atomic E-state index is 0.161. The SMILES string of the molecule is O=C(NCC#CI)c1cccc(Cl)c1. The van der Waals surface area contributed by atoms with Gasteiger partial charge in [0.05, 0.1) is 6.54 Å². The van der Waals surface area contributed by atoms with E-state index in [1.165, 1.54) is 0 Å². The minimum atomic E-state index is -0.161. The summed E-state index contributed by atoms with van der Waals surface area (Å²) in [5.74, 6) is 2.57. The average molecular weight is 320 g/mol. The van der Waals surface area contributed by atoms with Crippen molar-refractivity contribution >= 4 is 40.1 Å². The minimum Gasteiger partial charge on any atom is -0.341 e. The highest BCUT2D eigenvalue weighted by Gasteiger charge is 2.03. The third-order valence-electron chi connectivity index (χ3n) is 1.49. The fourth-order valence-electron chi connectivity index (χ4n) is 0.890. The molecule has 1 aromatic rings. The highest BCUT2D eigenvalue weighted by atomic mass is 127. The van der Waals surface area contributed by atoms with E-state index in [0.29, 0.717) is 17.1 Å². The summed E-state index contributed by atoms with van der Waals surface area (Å²) < 4.78 is 2.67. The average Bonchev–Trinajstić information content (AvgIpc) is 2.18. The van der Waals surface area contributed by atoms with Crippen molar-refractivity contribution in [3.05, 3.63) is 34.9 Å². The number of carbonyl (C=O) groups excluding carboxylic acids is 1. The molecule has 0 aliphatic rings. The Morgan fingerprint density at radius 3 is 3.00 bits per heavy atom. The molecule has 1 aromatic carbocycles. The van der Waals surface area contributed by atoms with Gasteiger partial charge in [0.25, 0.3) is 5.91 Å². The first-order valence-corrected chi connectivity index (χ1v) is 5.32. The van der Waals surface area contributed by atoms with Crippen molar-refractivity contribution in [3.8, 4) is 9.85 Å². The highest BCUT2D eigenvalue weighted by molar-refractivity contribution is 14.1. The van der Waals surface area contributed by atoms with E-state index < -0.39 is 0 Å². The summed E-state index contributed by atoms with van der Waals surface area (Å²) in [7, 11) is 0. The van der Waals surface area contributed by atoms with E-state index in [-0.39, 0.29) is 5.91 Å². The van der Waals surface area contributed by atoms with Crippen molar-refractivity contribution in [1.29, 1.82) is 0 Å². The number of nitrogens with one attached hydrogen (secondary N) is 1. The summed E-state index contributed by atoms with van der Waals surface area (Å²) in [6.45, 7) is 0.355. The van der Waals surface area contributed by atoms with Crippen molar-refractivity contribution in [1.82, 2.24) is 5.32 Å². The number of hydrogen-bond donors (Lipinski definition) is 1. The first-order chi connectivity index (χ1) is 6.74. The molecule has 14 heavy (non-hydrogen) atoms. The third-order valence-corrected chi connectivity index (χ3v) is 2.11. The van der Waals surface area contributed by atoms with E-state index in [2.05, 4.69) is 15.2 Å². The molecule has 0 spiro atoms. The van der Waals surface area contributed by atoms with Crippen molar-refractivity contribution < 1.29 is 4.79 Å². The molecule has 4 heteroatoms. The van der Waals surface area contributed by atoms with Crippen LogP contribution in [0.5, 0.6) is 0 Å². The number of hydrogen-bond acceptors (Lipinski definition) is 1. The van der Waals surface area contributed by atoms with Gasteiger partial charge in [-0.1, -0.05) is 23.6 Å². The Kier molecular flexibility index (Phi) is 4.77. The lowest BCUT2D eigenvalue weighted by Gasteiger charge is -2.00. The highest BCUT2D eigenvalue weighted by Crippen LogP contribution is 2.10. The topological polar surface area (TPSA) is 29.1 Å². The van der Waals surface area contributed by atoms with Gasteiger partial charge in [-0.3, -0.25) is 4.79 Å². The zero-order chi connectivity index (χ0) is 10.4. The van der Waals surface area contributed by atoms with Crippen LogP contribution < -0.4 is 5.32 Å². The van der Waals surface area contributed by atoms with Crippen LogP contribution in [0.25, 0.3) is 0 Å². The second kappa shape index (κ2) is 5.89. The predicted molar refractivity (Wildman–Crippen MR) is 65.6 cm³/mol. The van der Waals surface area contributed by atoms with Crippen LogP contribution in [0.4, 0.5) is 0 Å². The maximum Gasteiger partial charge on any atom is 0.252 e. The van der Waals surface area contributed by atoms with Gasteiger partial charge in [0, 0.05) is 33.2 Å². The van der Waals surface area contributed by atoms with Crippen molar-refractivity contribution in [3.63, 3.8) is 0 Å². The molecule has 1 amide bonds. The van der Waals surface area contributed by atoms with Crippen LogP contribution in [0.1, 0.15) is 10.4 Å². The Balaban J connectivity index is 2.63. The van der Waals surface area contributed by atoms with Gasteiger partial charge in [-0.15, -0.1) is 0 Å². The Hall–Kier alpha value is -0.730. The molecule has 0 aliphatic heterocycles. The molecule has 1 N–H and O–H groups in total. The summed E-state index contributed by atoms with van der Waals surface area (Å²) in [5, 5.41) is 3.20. The van der Waals surface area contributed by atoms with Gasteiger partial charge in [0.2, 0.25) is 0 Å². The number of amides is 1. The van der Waals surface area contributed by atoms with Gasteiger partial charge in [0.15, 0.2) is 0 Å². The summed E-state index contributed by atoms with van der Waals surface area (Å²) in [6, 6.07) is 6.79. The molecule has 0 fully saturated rings. The smallest absolute Gasteiger partial charge is 0.252 e. The van der Waals surface area contributed by atoms with Crippen LogP contribution in [-0.4, -0.2) is 12.5 Å². The zero-order valence-corrected chi connectivity index (χ0v) is 10.1. The largest absolute Gasteiger partial charge is 0.341 e. The number of carbonyl (C=O) groups is 1. The Morgan fingerprint density at radius 1 is 1.57 bits per heavy atom. The van der Waals surface area contributed by atoms with E-state index in [9.17, 15) is 4.79 Å². The van der Waals surface area contributed by atoms with Gasteiger partial charge < -0.3 is 5.32 Å². The molecule has 2 nitrogen and oxygen atoms in total. The summed E-state index contributed by atoms with van der Waals surface area (Å²) >= 11 is 7.66. The van der Waals surface area contributed by atoms with Gasteiger partial charge in [0.1, 0.15) is 0 Å². The van der Waals surface area contributed by atoms with Crippen molar-refractivity contribution in [2.24, 2.45) is 0 Å². The quantitative estimate of drug-likeness (QED) is 0.658. The van der Waals surface area contributed by atoms with E-state index in [0.717, 1.165) is 0 Å². The molecule has 0 aromatic heterocycles. The first kappa shape index (κ1) is 11.3. The van der Waals surface area contributed by atoms with Gasteiger partial charge in [-0.05, 0) is 22.1 Å². The monoisotopic (exact) mass is 319 g/mol. The first-order valence-electron chi connectivity index (χ1n) is 3.86. The van der Waals surface area contributed by atoms with Crippen LogP contribution in [0.2, 0.25) is 5.02 Å². The van der Waals surface area contributed by atoms with E-state index in [1.807, 2.05) is 22.6 Å². The Morgan fingerprint density at radius 2 is 2.36 bits per heavy atom. The van der Waals surface area contributed by atoms with Crippen LogP contribution in [0, 0.1) is 9.85 Å². The molecule has 1 rings (SSSR count). The number of benzene rings is 1. The lowest BCUT2D eigenvalue weighted by Crippen LogP contribution is -2.23. The van der Waals surface area contributed by atoms with Crippen LogP contribution in [-0.2, 0) is 0 Å². The lowest BCUT2D eigenvalue weighted by atomic mass is 10.2. The molecular weight excluding hydrogens is 312 g/mol. The molecular formula is C10H7ClINO. The second-order valence-electron chi connectivity index (χ2n) is 2.46. The molecule has 0 radical (unpaired) electrons. The molecule has 0 atom stereocenters. The molecule has 0 aliphatic carbocycles. The zero-order valence-electron chi connectivity index (χ0n) is 7.18. The predicted octanol–water partition coefficient (Wildman–Crippen LogP) is 2.47. The summed E-state index contributed by atoms with van der Waals surface area (Å²) in [6.07, 6.45) is 0. The van der Waals surface area contributed by atoms with Crippen LogP contribution in [0.15, 0.2) is 24.3 Å². The van der Waals surface area contributed by atoms with Crippen molar-refractivity contribution in [2.75, 3.05) is 6.54 Å². The number of halogens is 2. The van der Waals surface area contributed by atoms with Crippen molar-refractivity contribution in [2.45, 2.75) is 0 Å². The van der Waals surface area contributed by atoms with Gasteiger partial charge >= 0.3 is 0 Å². The standard InChI is InChI=1S/C10H7ClINO/c11-9-4-1-3-8(7-9)10(14)13-6-2-5-12/h1,3-4,7H,6H2,(H,13,14). The Bertz CT molecular complexity index is 395. The van der Waals surface area contributed by atoms with Crippen LogP contribution >= 0.6 is 34.2 Å². The van der Waals surface area contributed by atoms with Gasteiger partial charge in [-0.25, -0.2) is 0 Å². The van der Waals surface area contributed by atoms with E-state index in [4.69, 9.17) is 11.6 Å². The fraction of sp³-hybridized carbons (Fsp3) is 0.100. The maximum atomic E-state index is 11.4. The maximum absolute atomic E-state index is 11.4. The third kappa shape index (κ3) is 3.56. The summed E-state index contributed by atoms with van der Waals surface area (Å²) in [5.41, 5.74) is 0.549. The van der Waals surface area contributed by atoms with E-state index in [1.54, 1.807) is 24.3 Å². The molecule has 72 valence electrons. The second-order valence-corrected chi connectivity index (χ2v) is 3.44. The molecule has 0 saturated carbocycles. The number of rotatable bonds is 2. The lowest BCUT2D eigenvalue weighted by molar-refractivity contribution is 0.0958. The van der Waals surface area contributed by atoms with Crippen LogP contribution in [0.3, 0.4) is 0 Å². The van der Waals surface area contributed by atoms with Gasteiger partial charge in [-0.2, -0.15) is 0 Å². The molecule has 0 bridgehead atoms. The fourth-order valence-corrected chi connectivity index (χ4v) is 1.27. The van der Waals surface area contributed by atoms with E-state index >= 15 is 0 Å². The molecule has 0 saturated heterocycles.